The number of aliphatic carboxylic acids is 1. The molecule has 2 unspecified atom stereocenters. The average molecular weight is 769 g/mol. The van der Waals surface area contributed by atoms with E-state index in [-0.39, 0.29) is 23.9 Å². The van der Waals surface area contributed by atoms with Gasteiger partial charge in [-0.15, -0.1) is 0 Å². The van der Waals surface area contributed by atoms with E-state index in [1.807, 2.05) is 41.4 Å². The number of carboxylic acid groups (broad SMARTS) is 1. The number of likely N-dealkylation sites (tertiary alicyclic amines) is 3. The average Bonchev–Trinajstić information content (AvgIpc) is 3.63. The molecule has 3 aliphatic heterocycles. The molecule has 14 heteroatoms. The highest BCUT2D eigenvalue weighted by Gasteiger charge is 2.44. The second-order valence-corrected chi connectivity index (χ2v) is 15.1. The van der Waals surface area contributed by atoms with Gasteiger partial charge in [0.15, 0.2) is 11.5 Å². The van der Waals surface area contributed by atoms with E-state index >= 15 is 0 Å². The summed E-state index contributed by atoms with van der Waals surface area (Å²) < 4.78 is 16.5. The van der Waals surface area contributed by atoms with E-state index in [0.29, 0.717) is 78.2 Å². The second kappa shape index (κ2) is 16.4. The minimum atomic E-state index is -0.868. The summed E-state index contributed by atoms with van der Waals surface area (Å²) in [6.07, 6.45) is 7.57. The molecule has 6 rings (SSSR count). The number of halogens is 2. The van der Waals surface area contributed by atoms with Gasteiger partial charge in [0.05, 0.1) is 42.8 Å². The monoisotopic (exact) mass is 767 g/mol. The van der Waals surface area contributed by atoms with Gasteiger partial charge in [-0.05, 0) is 86.5 Å². The lowest BCUT2D eigenvalue weighted by Gasteiger charge is -2.44. The third-order valence-corrected chi connectivity index (χ3v) is 12.1. The number of aromatic nitrogens is 1. The molecule has 3 amide bonds. The van der Waals surface area contributed by atoms with Crippen molar-refractivity contribution in [1.82, 2.24) is 25.0 Å². The molecular weight excluding hydrogens is 721 g/mol. The van der Waals surface area contributed by atoms with E-state index in [9.17, 15) is 19.5 Å². The Morgan fingerprint density at radius 3 is 2.26 bits per heavy atom. The minimum absolute atomic E-state index is 0.135. The van der Waals surface area contributed by atoms with Crippen LogP contribution in [0.2, 0.25) is 10.0 Å². The van der Waals surface area contributed by atoms with E-state index in [1.165, 1.54) is 21.3 Å². The number of benzene rings is 2. The standard InChI is InChI=1S/C39H47Cl2N5O7/c1-51-32-20-27(21-33(52-2)34(32)53-3)35(47)46-19-11-38(25-46,28-8-9-30(40)31(41)22-28)10-16-44-17-12-39(13-18-44,29-7-4-14-42-23-29)43-37(50)45-15-5-6-26(24-45)36(48)49/h4,7-9,14,20-23,26H,5-6,10-13,15-19,24-25H2,1-3H3,(H,43,50)(H,48,49). The molecule has 3 fully saturated rings. The van der Waals surface area contributed by atoms with E-state index < -0.39 is 17.4 Å². The summed E-state index contributed by atoms with van der Waals surface area (Å²) in [5, 5.41) is 13.9. The Hall–Kier alpha value is -4.26. The molecule has 0 spiro atoms. The van der Waals surface area contributed by atoms with Crippen molar-refractivity contribution in [2.75, 3.05) is 67.1 Å². The lowest BCUT2D eigenvalue weighted by Crippen LogP contribution is -2.57. The van der Waals surface area contributed by atoms with Crippen molar-refractivity contribution >= 4 is 41.1 Å². The van der Waals surface area contributed by atoms with Crippen molar-refractivity contribution in [2.24, 2.45) is 5.92 Å². The molecule has 53 heavy (non-hydrogen) atoms. The zero-order valence-electron chi connectivity index (χ0n) is 30.4. The largest absolute Gasteiger partial charge is 0.493 e. The fourth-order valence-electron chi connectivity index (χ4n) is 8.15. The Labute approximate surface area is 320 Å². The number of carbonyl (C=O) groups excluding carboxylic acids is 2. The number of urea groups is 1. The Bertz CT molecular complexity index is 1780. The Morgan fingerprint density at radius 2 is 1.64 bits per heavy atom. The Morgan fingerprint density at radius 1 is 0.906 bits per heavy atom. The number of amides is 3. The van der Waals surface area contributed by atoms with Crippen LogP contribution in [0.25, 0.3) is 0 Å². The highest BCUT2D eigenvalue weighted by molar-refractivity contribution is 6.42. The van der Waals surface area contributed by atoms with E-state index in [4.69, 9.17) is 37.4 Å². The summed E-state index contributed by atoms with van der Waals surface area (Å²) in [5.41, 5.74) is 1.38. The summed E-state index contributed by atoms with van der Waals surface area (Å²) in [7, 11) is 4.58. The molecule has 2 atom stereocenters. The third-order valence-electron chi connectivity index (χ3n) is 11.3. The Balaban J connectivity index is 1.19. The predicted molar refractivity (Wildman–Crippen MR) is 201 cm³/mol. The normalized spacial score (nSPS) is 21.6. The first-order valence-corrected chi connectivity index (χ1v) is 18.7. The van der Waals surface area contributed by atoms with Gasteiger partial charge in [0.1, 0.15) is 0 Å². The van der Waals surface area contributed by atoms with Crippen molar-refractivity contribution in [3.05, 3.63) is 81.6 Å². The molecule has 0 bridgehead atoms. The molecule has 284 valence electrons. The van der Waals surface area contributed by atoms with Gasteiger partial charge in [0.2, 0.25) is 5.75 Å². The summed E-state index contributed by atoms with van der Waals surface area (Å²) in [4.78, 5) is 49.7. The van der Waals surface area contributed by atoms with Crippen LogP contribution in [0.3, 0.4) is 0 Å². The lowest BCUT2D eigenvalue weighted by molar-refractivity contribution is -0.143. The first-order chi connectivity index (χ1) is 25.5. The van der Waals surface area contributed by atoms with Crippen LogP contribution in [0, 0.1) is 5.92 Å². The fourth-order valence-corrected chi connectivity index (χ4v) is 8.45. The molecule has 4 heterocycles. The van der Waals surface area contributed by atoms with Crippen molar-refractivity contribution in [3.8, 4) is 17.2 Å². The molecule has 0 radical (unpaired) electrons. The number of carboxylic acids is 1. The smallest absolute Gasteiger partial charge is 0.318 e. The zero-order valence-corrected chi connectivity index (χ0v) is 31.9. The van der Waals surface area contributed by atoms with Crippen molar-refractivity contribution < 1.29 is 33.7 Å². The van der Waals surface area contributed by atoms with Crippen molar-refractivity contribution in [3.63, 3.8) is 0 Å². The SMILES string of the molecule is COc1cc(C(=O)N2CCC(CCN3CCC(NC(=O)N4CCCC(C(=O)O)C4)(c4cccnc4)CC3)(c3ccc(Cl)c(Cl)c3)C2)cc(OC)c1OC. The maximum absolute atomic E-state index is 14.0. The number of methoxy groups -OCH3 is 3. The van der Waals surface area contributed by atoms with Crippen LogP contribution in [0.1, 0.15) is 60.0 Å². The maximum Gasteiger partial charge on any atom is 0.318 e. The number of ether oxygens (including phenoxy) is 3. The number of nitrogens with one attached hydrogen (secondary N) is 1. The highest BCUT2D eigenvalue weighted by atomic mass is 35.5. The van der Waals surface area contributed by atoms with E-state index in [0.717, 1.165) is 43.6 Å². The molecule has 3 aliphatic rings. The van der Waals surface area contributed by atoms with Crippen molar-refractivity contribution in [1.29, 1.82) is 0 Å². The number of carbonyl (C=O) groups is 3. The van der Waals surface area contributed by atoms with Gasteiger partial charge in [-0.1, -0.05) is 35.3 Å². The topological polar surface area (TPSA) is 134 Å². The molecule has 3 saturated heterocycles. The van der Waals surface area contributed by atoms with Gasteiger partial charge in [-0.3, -0.25) is 14.6 Å². The van der Waals surface area contributed by atoms with Gasteiger partial charge >= 0.3 is 12.0 Å². The van der Waals surface area contributed by atoms with Crippen LogP contribution in [-0.4, -0.2) is 110 Å². The molecule has 3 aromatic rings. The summed E-state index contributed by atoms with van der Waals surface area (Å²) in [6.45, 7) is 3.96. The number of hydrogen-bond donors (Lipinski definition) is 2. The van der Waals surface area contributed by atoms with Crippen molar-refractivity contribution in [2.45, 2.75) is 49.5 Å². The fraction of sp³-hybridized carbons (Fsp3) is 0.487. The number of pyridine rings is 1. The molecule has 12 nitrogen and oxygen atoms in total. The van der Waals surface area contributed by atoms with Gasteiger partial charge < -0.3 is 39.3 Å². The highest BCUT2D eigenvalue weighted by Crippen LogP contribution is 2.43. The first-order valence-electron chi connectivity index (χ1n) is 18.0. The van der Waals surface area contributed by atoms with Gasteiger partial charge in [-0.25, -0.2) is 4.79 Å². The summed E-state index contributed by atoms with van der Waals surface area (Å²) >= 11 is 12.9. The summed E-state index contributed by atoms with van der Waals surface area (Å²) in [5.74, 6) is -0.317. The second-order valence-electron chi connectivity index (χ2n) is 14.3. The van der Waals surface area contributed by atoms with Gasteiger partial charge in [0, 0.05) is 62.6 Å². The zero-order chi connectivity index (χ0) is 37.8. The van der Waals surface area contributed by atoms with Crippen LogP contribution >= 0.6 is 23.2 Å². The Kier molecular flexibility index (Phi) is 11.9. The maximum atomic E-state index is 14.0. The van der Waals surface area contributed by atoms with Crippen LogP contribution < -0.4 is 19.5 Å². The minimum Gasteiger partial charge on any atom is -0.493 e. The van der Waals surface area contributed by atoms with E-state index in [1.54, 1.807) is 23.2 Å². The quantitative estimate of drug-likeness (QED) is 0.238. The molecule has 0 saturated carbocycles. The molecule has 2 N–H and O–H groups in total. The van der Waals surface area contributed by atoms with Gasteiger partial charge in [-0.2, -0.15) is 0 Å². The predicted octanol–water partition coefficient (Wildman–Crippen LogP) is 6.09. The van der Waals surface area contributed by atoms with Crippen LogP contribution in [0.5, 0.6) is 17.2 Å². The number of rotatable bonds is 11. The molecular formula is C39H47Cl2N5O7. The molecule has 2 aromatic carbocycles. The molecule has 1 aromatic heterocycles. The first kappa shape index (κ1) is 38.5. The number of nitrogens with zero attached hydrogens (tertiary/aromatic N) is 4. The number of piperidine rings is 2. The third kappa shape index (κ3) is 8.14. The number of hydrogen-bond acceptors (Lipinski definition) is 8. The summed E-state index contributed by atoms with van der Waals surface area (Å²) in [6, 6.07) is 12.7. The van der Waals surface area contributed by atoms with Crippen LogP contribution in [-0.2, 0) is 15.7 Å². The van der Waals surface area contributed by atoms with Crippen LogP contribution in [0.15, 0.2) is 54.9 Å². The molecule has 0 aliphatic carbocycles. The van der Waals surface area contributed by atoms with Crippen LogP contribution in [0.4, 0.5) is 4.79 Å². The van der Waals surface area contributed by atoms with E-state index in [2.05, 4.69) is 15.2 Å². The van der Waals surface area contributed by atoms with Gasteiger partial charge in [0.25, 0.3) is 5.91 Å². The lowest BCUT2D eigenvalue weighted by atomic mass is 9.76.